The van der Waals surface area contributed by atoms with Crippen LogP contribution in [-0.4, -0.2) is 11.6 Å². The van der Waals surface area contributed by atoms with E-state index < -0.39 is 0 Å². The zero-order chi connectivity index (χ0) is 10.4. The Morgan fingerprint density at radius 3 is 3.00 bits per heavy atom. The molecule has 0 atom stereocenters. The van der Waals surface area contributed by atoms with Crippen molar-refractivity contribution < 1.29 is 4.74 Å². The minimum atomic E-state index is 0.457. The number of allylic oxidation sites excluding steroid dienone is 1. The van der Waals surface area contributed by atoms with Crippen LogP contribution in [0.4, 0.5) is 0 Å². The van der Waals surface area contributed by atoms with Gasteiger partial charge in [0.1, 0.15) is 12.4 Å². The van der Waals surface area contributed by atoms with E-state index in [-0.39, 0.29) is 0 Å². The van der Waals surface area contributed by atoms with Crippen molar-refractivity contribution in [1.82, 2.24) is 4.98 Å². The SMILES string of the molecule is C/C=C/COc1cc(C)ncc1CN. The molecule has 0 aliphatic carbocycles. The first-order valence-electron chi connectivity index (χ1n) is 4.67. The Bertz CT molecular complexity index is 321. The summed E-state index contributed by atoms with van der Waals surface area (Å²) in [6, 6.07) is 1.91. The molecule has 0 fully saturated rings. The number of pyridine rings is 1. The Labute approximate surface area is 84.6 Å². The third-order valence-corrected chi connectivity index (χ3v) is 1.87. The minimum absolute atomic E-state index is 0.457. The van der Waals surface area contributed by atoms with Gasteiger partial charge in [0.05, 0.1) is 0 Å². The highest BCUT2D eigenvalue weighted by atomic mass is 16.5. The van der Waals surface area contributed by atoms with Crippen molar-refractivity contribution in [3.63, 3.8) is 0 Å². The fourth-order valence-corrected chi connectivity index (χ4v) is 1.08. The molecule has 1 heterocycles. The van der Waals surface area contributed by atoms with Gasteiger partial charge in [0.2, 0.25) is 0 Å². The number of ether oxygens (including phenoxy) is 1. The van der Waals surface area contributed by atoms with Gasteiger partial charge >= 0.3 is 0 Å². The van der Waals surface area contributed by atoms with E-state index in [1.54, 1.807) is 6.20 Å². The van der Waals surface area contributed by atoms with Crippen LogP contribution in [0, 0.1) is 6.92 Å². The molecule has 0 aliphatic heterocycles. The monoisotopic (exact) mass is 192 g/mol. The number of aryl methyl sites for hydroxylation is 1. The smallest absolute Gasteiger partial charge is 0.127 e. The summed E-state index contributed by atoms with van der Waals surface area (Å²) in [5.41, 5.74) is 7.45. The molecule has 3 heteroatoms. The van der Waals surface area contributed by atoms with E-state index in [2.05, 4.69) is 4.98 Å². The van der Waals surface area contributed by atoms with Crippen LogP contribution >= 0.6 is 0 Å². The lowest BCUT2D eigenvalue weighted by atomic mass is 10.2. The third kappa shape index (κ3) is 2.85. The summed E-state index contributed by atoms with van der Waals surface area (Å²) >= 11 is 0. The lowest BCUT2D eigenvalue weighted by Gasteiger charge is -2.08. The Morgan fingerprint density at radius 2 is 2.36 bits per heavy atom. The van der Waals surface area contributed by atoms with Crippen molar-refractivity contribution in [2.45, 2.75) is 20.4 Å². The van der Waals surface area contributed by atoms with Gasteiger partial charge < -0.3 is 10.5 Å². The van der Waals surface area contributed by atoms with Crippen LogP contribution in [0.15, 0.2) is 24.4 Å². The van der Waals surface area contributed by atoms with Gasteiger partial charge in [-0.2, -0.15) is 0 Å². The van der Waals surface area contributed by atoms with Gasteiger partial charge in [-0.25, -0.2) is 0 Å². The fraction of sp³-hybridized carbons (Fsp3) is 0.364. The first-order chi connectivity index (χ1) is 6.77. The standard InChI is InChI=1S/C11H16N2O/c1-3-4-5-14-11-6-9(2)13-8-10(11)7-12/h3-4,6,8H,5,7,12H2,1-2H3/b4-3+. The molecule has 76 valence electrons. The van der Waals surface area contributed by atoms with Gasteiger partial charge in [0.25, 0.3) is 0 Å². The average molecular weight is 192 g/mol. The molecule has 0 amide bonds. The van der Waals surface area contributed by atoms with E-state index in [4.69, 9.17) is 10.5 Å². The number of aromatic nitrogens is 1. The molecule has 0 spiro atoms. The summed E-state index contributed by atoms with van der Waals surface area (Å²) in [4.78, 5) is 4.16. The second kappa shape index (κ2) is 5.40. The highest BCUT2D eigenvalue weighted by Gasteiger charge is 2.02. The molecule has 0 radical (unpaired) electrons. The van der Waals surface area contributed by atoms with Crippen LogP contribution in [0.25, 0.3) is 0 Å². The lowest BCUT2D eigenvalue weighted by Crippen LogP contribution is -2.03. The average Bonchev–Trinajstić information content (AvgIpc) is 2.19. The van der Waals surface area contributed by atoms with Crippen molar-refractivity contribution in [3.05, 3.63) is 35.7 Å². The normalized spacial score (nSPS) is 10.8. The summed E-state index contributed by atoms with van der Waals surface area (Å²) in [6.07, 6.45) is 5.67. The van der Waals surface area contributed by atoms with Crippen molar-refractivity contribution in [2.24, 2.45) is 5.73 Å². The molecule has 1 rings (SSSR count). The molecule has 2 N–H and O–H groups in total. The molecule has 14 heavy (non-hydrogen) atoms. The molecule has 1 aromatic rings. The minimum Gasteiger partial charge on any atom is -0.489 e. The second-order valence-electron chi connectivity index (χ2n) is 3.02. The van der Waals surface area contributed by atoms with Crippen molar-refractivity contribution in [3.8, 4) is 5.75 Å². The second-order valence-corrected chi connectivity index (χ2v) is 3.02. The third-order valence-electron chi connectivity index (χ3n) is 1.87. The molecule has 0 unspecified atom stereocenters. The fourth-order valence-electron chi connectivity index (χ4n) is 1.08. The summed E-state index contributed by atoms with van der Waals surface area (Å²) in [5, 5.41) is 0. The molecule has 0 aromatic carbocycles. The molecule has 1 aromatic heterocycles. The molecular weight excluding hydrogens is 176 g/mol. The van der Waals surface area contributed by atoms with E-state index in [1.165, 1.54) is 0 Å². The maximum atomic E-state index is 5.57. The molecule has 3 nitrogen and oxygen atoms in total. The van der Waals surface area contributed by atoms with Crippen molar-refractivity contribution >= 4 is 0 Å². The Morgan fingerprint density at radius 1 is 1.57 bits per heavy atom. The Hall–Kier alpha value is -1.35. The van der Waals surface area contributed by atoms with Crippen LogP contribution in [0.1, 0.15) is 18.2 Å². The molecule has 0 bridgehead atoms. The van der Waals surface area contributed by atoms with Gasteiger partial charge in [-0.1, -0.05) is 12.2 Å². The predicted molar refractivity (Wildman–Crippen MR) is 57.2 cm³/mol. The molecule has 0 aliphatic rings. The highest BCUT2D eigenvalue weighted by molar-refractivity contribution is 5.32. The first-order valence-corrected chi connectivity index (χ1v) is 4.67. The first kappa shape index (κ1) is 10.7. The highest BCUT2D eigenvalue weighted by Crippen LogP contribution is 2.17. The number of nitrogens with zero attached hydrogens (tertiary/aromatic N) is 1. The van der Waals surface area contributed by atoms with E-state index in [0.717, 1.165) is 17.0 Å². The Kier molecular flexibility index (Phi) is 4.13. The summed E-state index contributed by atoms with van der Waals surface area (Å²) < 4.78 is 5.54. The largest absolute Gasteiger partial charge is 0.489 e. The topological polar surface area (TPSA) is 48.1 Å². The van der Waals surface area contributed by atoms with E-state index in [0.29, 0.717) is 13.2 Å². The van der Waals surface area contributed by atoms with Gasteiger partial charge in [-0.3, -0.25) is 4.98 Å². The maximum absolute atomic E-state index is 5.57. The zero-order valence-corrected chi connectivity index (χ0v) is 8.66. The van der Waals surface area contributed by atoms with Gasteiger partial charge in [0, 0.05) is 30.1 Å². The van der Waals surface area contributed by atoms with Crippen LogP contribution in [0.3, 0.4) is 0 Å². The van der Waals surface area contributed by atoms with Crippen molar-refractivity contribution in [1.29, 1.82) is 0 Å². The number of nitrogens with two attached hydrogens (primary N) is 1. The molecule has 0 saturated heterocycles. The number of rotatable bonds is 4. The summed E-state index contributed by atoms with van der Waals surface area (Å²) in [6.45, 7) is 4.93. The van der Waals surface area contributed by atoms with E-state index >= 15 is 0 Å². The van der Waals surface area contributed by atoms with Crippen molar-refractivity contribution in [2.75, 3.05) is 6.61 Å². The van der Waals surface area contributed by atoms with Crippen LogP contribution < -0.4 is 10.5 Å². The van der Waals surface area contributed by atoms with Crippen LogP contribution in [-0.2, 0) is 6.54 Å². The van der Waals surface area contributed by atoms with E-state index in [9.17, 15) is 0 Å². The maximum Gasteiger partial charge on any atom is 0.127 e. The Balaban J connectivity index is 2.76. The molecule has 0 saturated carbocycles. The van der Waals surface area contributed by atoms with Crippen LogP contribution in [0.5, 0.6) is 5.75 Å². The van der Waals surface area contributed by atoms with Gasteiger partial charge in [-0.15, -0.1) is 0 Å². The quantitative estimate of drug-likeness (QED) is 0.740. The van der Waals surface area contributed by atoms with E-state index in [1.807, 2.05) is 32.1 Å². The molecular formula is C11H16N2O. The van der Waals surface area contributed by atoms with Crippen LogP contribution in [0.2, 0.25) is 0 Å². The predicted octanol–water partition coefficient (Wildman–Crippen LogP) is 1.80. The number of hydrogen-bond acceptors (Lipinski definition) is 3. The summed E-state index contributed by atoms with van der Waals surface area (Å²) in [7, 11) is 0. The van der Waals surface area contributed by atoms with Gasteiger partial charge in [-0.05, 0) is 13.8 Å². The van der Waals surface area contributed by atoms with Gasteiger partial charge in [0.15, 0.2) is 0 Å². The summed E-state index contributed by atoms with van der Waals surface area (Å²) in [5.74, 6) is 0.832. The number of hydrogen-bond donors (Lipinski definition) is 1. The lowest BCUT2D eigenvalue weighted by molar-refractivity contribution is 0.358. The zero-order valence-electron chi connectivity index (χ0n) is 8.66.